The molecule has 0 radical (unpaired) electrons. The molecule has 106 valence electrons. The van der Waals surface area contributed by atoms with Crippen molar-refractivity contribution in [2.45, 2.75) is 26.5 Å². The van der Waals surface area contributed by atoms with Crippen LogP contribution in [0.25, 0.3) is 0 Å². The smallest absolute Gasteiger partial charge is 0.348 e. The first kappa shape index (κ1) is 14.3. The molecule has 0 aliphatic heterocycles. The lowest BCUT2D eigenvalue weighted by Crippen LogP contribution is -2.28. The Morgan fingerprint density at radius 1 is 1.35 bits per heavy atom. The highest BCUT2D eigenvalue weighted by atomic mass is 16.5. The average Bonchev–Trinajstić information content (AvgIpc) is 2.42. The van der Waals surface area contributed by atoms with Gasteiger partial charge in [-0.15, -0.1) is 0 Å². The van der Waals surface area contributed by atoms with Crippen LogP contribution in [0.3, 0.4) is 0 Å². The van der Waals surface area contributed by atoms with E-state index >= 15 is 0 Å². The summed E-state index contributed by atoms with van der Waals surface area (Å²) in [5.41, 5.74) is 1.82. The summed E-state index contributed by atoms with van der Waals surface area (Å²) in [6.07, 6.45) is -0.786. The second-order valence-corrected chi connectivity index (χ2v) is 4.72. The molecule has 5 heteroatoms. The van der Waals surface area contributed by atoms with Gasteiger partial charge in [-0.05, 0) is 37.6 Å². The number of aliphatic hydroxyl groups is 1. The van der Waals surface area contributed by atoms with Crippen molar-refractivity contribution in [2.24, 2.45) is 0 Å². The number of aromatic nitrogens is 2. The molecule has 0 amide bonds. The molecule has 0 saturated carbocycles. The third kappa shape index (κ3) is 3.05. The highest BCUT2D eigenvalue weighted by Crippen LogP contribution is 2.20. The van der Waals surface area contributed by atoms with E-state index in [2.05, 4.69) is 4.98 Å². The van der Waals surface area contributed by atoms with E-state index in [0.717, 1.165) is 5.69 Å². The SMILES string of the molecule is COc1cccc(C(O)Cn2c(C)cc(C)nc2=O)c1. The molecule has 1 aromatic heterocycles. The second kappa shape index (κ2) is 5.88. The fourth-order valence-corrected chi connectivity index (χ4v) is 2.12. The number of hydrogen-bond acceptors (Lipinski definition) is 4. The molecule has 2 aromatic rings. The molecule has 2 rings (SSSR count). The van der Waals surface area contributed by atoms with Crippen LogP contribution in [-0.4, -0.2) is 21.8 Å². The number of hydrogen-bond donors (Lipinski definition) is 1. The van der Waals surface area contributed by atoms with Crippen LogP contribution in [-0.2, 0) is 6.54 Å². The molecule has 0 bridgehead atoms. The van der Waals surface area contributed by atoms with E-state index in [4.69, 9.17) is 4.74 Å². The predicted octanol–water partition coefficient (Wildman–Crippen LogP) is 1.60. The van der Waals surface area contributed by atoms with E-state index in [1.165, 1.54) is 4.57 Å². The van der Waals surface area contributed by atoms with Crippen LogP contribution in [0.1, 0.15) is 23.1 Å². The van der Waals surface area contributed by atoms with Crippen LogP contribution in [0.4, 0.5) is 0 Å². The highest BCUT2D eigenvalue weighted by molar-refractivity contribution is 5.29. The van der Waals surface area contributed by atoms with E-state index in [9.17, 15) is 9.90 Å². The lowest BCUT2D eigenvalue weighted by Gasteiger charge is -2.15. The van der Waals surface area contributed by atoms with Gasteiger partial charge in [0.15, 0.2) is 0 Å². The normalized spacial score (nSPS) is 12.2. The average molecular weight is 274 g/mol. The van der Waals surface area contributed by atoms with Crippen molar-refractivity contribution < 1.29 is 9.84 Å². The largest absolute Gasteiger partial charge is 0.497 e. The molecular weight excluding hydrogens is 256 g/mol. The van der Waals surface area contributed by atoms with E-state index in [1.807, 2.05) is 13.0 Å². The van der Waals surface area contributed by atoms with E-state index in [0.29, 0.717) is 17.0 Å². The number of ether oxygens (including phenoxy) is 1. The van der Waals surface area contributed by atoms with Gasteiger partial charge in [0.05, 0.1) is 19.8 Å². The molecular formula is C15H18N2O3. The third-order valence-electron chi connectivity index (χ3n) is 3.18. The summed E-state index contributed by atoms with van der Waals surface area (Å²) >= 11 is 0. The molecule has 1 aromatic carbocycles. The Morgan fingerprint density at radius 2 is 2.10 bits per heavy atom. The molecule has 0 saturated heterocycles. The van der Waals surface area contributed by atoms with Gasteiger partial charge >= 0.3 is 5.69 Å². The summed E-state index contributed by atoms with van der Waals surface area (Å²) in [7, 11) is 1.57. The number of nitrogens with zero attached hydrogens (tertiary/aromatic N) is 2. The molecule has 1 N–H and O–H groups in total. The molecule has 0 aliphatic rings. The lowest BCUT2D eigenvalue weighted by atomic mass is 10.1. The van der Waals surface area contributed by atoms with Crippen LogP contribution in [0, 0.1) is 13.8 Å². The van der Waals surface area contributed by atoms with Crippen molar-refractivity contribution in [3.63, 3.8) is 0 Å². The van der Waals surface area contributed by atoms with Crippen molar-refractivity contribution in [2.75, 3.05) is 7.11 Å². The second-order valence-electron chi connectivity index (χ2n) is 4.72. The van der Waals surface area contributed by atoms with Gasteiger partial charge in [0.1, 0.15) is 5.75 Å². The van der Waals surface area contributed by atoms with E-state index in [-0.39, 0.29) is 12.2 Å². The maximum Gasteiger partial charge on any atom is 0.348 e. The number of rotatable bonds is 4. The number of methoxy groups -OCH3 is 1. The zero-order chi connectivity index (χ0) is 14.7. The first-order valence-electron chi connectivity index (χ1n) is 6.38. The number of aryl methyl sites for hydroxylation is 2. The van der Waals surface area contributed by atoms with Crippen molar-refractivity contribution >= 4 is 0 Å². The summed E-state index contributed by atoms with van der Waals surface area (Å²) in [6.45, 7) is 3.77. The standard InChI is InChI=1S/C15H18N2O3/c1-10-7-11(2)17(15(19)16-10)9-14(18)12-5-4-6-13(8-12)20-3/h4-8,14,18H,9H2,1-3H3. The molecule has 0 fully saturated rings. The fraction of sp³-hybridized carbons (Fsp3) is 0.333. The van der Waals surface area contributed by atoms with E-state index < -0.39 is 6.10 Å². The van der Waals surface area contributed by atoms with Gasteiger partial charge in [0, 0.05) is 11.4 Å². The van der Waals surface area contributed by atoms with Crippen molar-refractivity contribution in [1.82, 2.24) is 9.55 Å². The van der Waals surface area contributed by atoms with Gasteiger partial charge in [-0.25, -0.2) is 4.79 Å². The molecule has 1 atom stereocenters. The predicted molar refractivity (Wildman–Crippen MR) is 75.9 cm³/mol. The Bertz CT molecular complexity index is 664. The summed E-state index contributed by atoms with van der Waals surface area (Å²) < 4.78 is 6.60. The number of benzene rings is 1. The fourth-order valence-electron chi connectivity index (χ4n) is 2.12. The van der Waals surface area contributed by atoms with Gasteiger partial charge in [0.25, 0.3) is 0 Å². The molecule has 0 spiro atoms. The number of aliphatic hydroxyl groups excluding tert-OH is 1. The zero-order valence-corrected chi connectivity index (χ0v) is 11.8. The highest BCUT2D eigenvalue weighted by Gasteiger charge is 2.12. The first-order valence-corrected chi connectivity index (χ1v) is 6.38. The maximum absolute atomic E-state index is 11.9. The topological polar surface area (TPSA) is 64.3 Å². The molecule has 0 aliphatic carbocycles. The van der Waals surface area contributed by atoms with Gasteiger partial charge in [-0.2, -0.15) is 4.98 Å². The summed E-state index contributed by atoms with van der Waals surface area (Å²) in [5, 5.41) is 10.3. The van der Waals surface area contributed by atoms with Crippen LogP contribution in [0.15, 0.2) is 35.1 Å². The van der Waals surface area contributed by atoms with Gasteiger partial charge in [0.2, 0.25) is 0 Å². The maximum atomic E-state index is 11.9. The van der Waals surface area contributed by atoms with Crippen LogP contribution >= 0.6 is 0 Å². The Labute approximate surface area is 117 Å². The van der Waals surface area contributed by atoms with E-state index in [1.54, 1.807) is 38.3 Å². The minimum Gasteiger partial charge on any atom is -0.497 e. The van der Waals surface area contributed by atoms with Crippen LogP contribution in [0.2, 0.25) is 0 Å². The Hall–Kier alpha value is -2.14. The molecule has 5 nitrogen and oxygen atoms in total. The minimum atomic E-state index is -0.786. The van der Waals surface area contributed by atoms with Crippen molar-refractivity contribution in [3.05, 3.63) is 57.8 Å². The van der Waals surface area contributed by atoms with Gasteiger partial charge < -0.3 is 9.84 Å². The third-order valence-corrected chi connectivity index (χ3v) is 3.18. The first-order chi connectivity index (χ1) is 9.51. The summed E-state index contributed by atoms with van der Waals surface area (Å²) in [6, 6.07) is 8.99. The van der Waals surface area contributed by atoms with Crippen molar-refractivity contribution in [1.29, 1.82) is 0 Å². The zero-order valence-electron chi connectivity index (χ0n) is 11.8. The molecule has 1 heterocycles. The Morgan fingerprint density at radius 3 is 2.75 bits per heavy atom. The summed E-state index contributed by atoms with van der Waals surface area (Å²) in [5.74, 6) is 0.674. The molecule has 20 heavy (non-hydrogen) atoms. The monoisotopic (exact) mass is 274 g/mol. The van der Waals surface area contributed by atoms with Gasteiger partial charge in [-0.3, -0.25) is 4.57 Å². The lowest BCUT2D eigenvalue weighted by molar-refractivity contribution is 0.153. The molecule has 1 unspecified atom stereocenters. The van der Waals surface area contributed by atoms with Gasteiger partial charge in [-0.1, -0.05) is 12.1 Å². The Kier molecular flexibility index (Phi) is 4.20. The van der Waals surface area contributed by atoms with Crippen LogP contribution in [0.5, 0.6) is 5.75 Å². The quantitative estimate of drug-likeness (QED) is 0.919. The summed E-state index contributed by atoms with van der Waals surface area (Å²) in [4.78, 5) is 15.8. The van der Waals surface area contributed by atoms with Crippen molar-refractivity contribution in [3.8, 4) is 5.75 Å². The Balaban J connectivity index is 2.27. The van der Waals surface area contributed by atoms with Crippen LogP contribution < -0.4 is 10.4 Å². The minimum absolute atomic E-state index is 0.172.